The Morgan fingerprint density at radius 2 is 1.88 bits per heavy atom. The van der Waals surface area contributed by atoms with Gasteiger partial charge in [0.2, 0.25) is 5.78 Å². The summed E-state index contributed by atoms with van der Waals surface area (Å²) in [4.78, 5) is 24.5. The van der Waals surface area contributed by atoms with Gasteiger partial charge in [-0.1, -0.05) is 29.8 Å². The van der Waals surface area contributed by atoms with Crippen LogP contribution in [0.3, 0.4) is 0 Å². The molecule has 0 saturated heterocycles. The van der Waals surface area contributed by atoms with Gasteiger partial charge in [0.15, 0.2) is 17.7 Å². The van der Waals surface area contributed by atoms with E-state index in [2.05, 4.69) is 5.10 Å². The molecule has 1 heterocycles. The predicted octanol–water partition coefficient (Wildman–Crippen LogP) is 5.31. The number of ether oxygens (including phenoxy) is 1. The maximum absolute atomic E-state index is 13.3. The van der Waals surface area contributed by atoms with Crippen molar-refractivity contribution in [2.24, 2.45) is 0 Å². The van der Waals surface area contributed by atoms with E-state index < -0.39 is 29.5 Å². The minimum Gasteiger partial charge on any atom is -0.451 e. The van der Waals surface area contributed by atoms with Crippen LogP contribution in [0, 0.1) is 25.5 Å². The molecule has 0 aliphatic heterocycles. The molecular weight excluding hydrogens is 438 g/mol. The Balaban J connectivity index is 1.68. The third kappa shape index (κ3) is 5.29. The molecule has 0 radical (unpaired) electrons. The fourth-order valence-electron chi connectivity index (χ4n) is 3.20. The molecular formula is C24H21ClF2N2O3. The number of carbonyl (C=O) groups is 2. The largest absolute Gasteiger partial charge is 0.451 e. The summed E-state index contributed by atoms with van der Waals surface area (Å²) in [7, 11) is 0. The number of halogens is 3. The van der Waals surface area contributed by atoms with Crippen LogP contribution < -0.4 is 0 Å². The summed E-state index contributed by atoms with van der Waals surface area (Å²) in [5.74, 6) is -3.58. The van der Waals surface area contributed by atoms with Crippen LogP contribution in [-0.2, 0) is 16.1 Å². The van der Waals surface area contributed by atoms with Crippen molar-refractivity contribution >= 4 is 29.4 Å². The Hall–Kier alpha value is -3.32. The van der Waals surface area contributed by atoms with Crippen molar-refractivity contribution in [3.63, 3.8) is 0 Å². The highest BCUT2D eigenvalue weighted by atomic mass is 35.5. The van der Waals surface area contributed by atoms with Gasteiger partial charge in [0.05, 0.1) is 12.2 Å². The second-order valence-corrected chi connectivity index (χ2v) is 7.65. The van der Waals surface area contributed by atoms with E-state index in [0.717, 1.165) is 35.0 Å². The van der Waals surface area contributed by atoms with Crippen molar-refractivity contribution in [2.75, 3.05) is 0 Å². The molecule has 0 bridgehead atoms. The molecule has 8 heteroatoms. The highest BCUT2D eigenvalue weighted by Gasteiger charge is 2.20. The van der Waals surface area contributed by atoms with Gasteiger partial charge >= 0.3 is 5.97 Å². The van der Waals surface area contributed by atoms with E-state index in [0.29, 0.717) is 17.3 Å². The van der Waals surface area contributed by atoms with E-state index in [1.54, 1.807) is 10.8 Å². The van der Waals surface area contributed by atoms with E-state index >= 15 is 0 Å². The number of carbonyl (C=O) groups excluding carboxylic acids is 2. The number of rotatable bonds is 7. The Bertz CT molecular complexity index is 1200. The molecule has 1 unspecified atom stereocenters. The summed E-state index contributed by atoms with van der Waals surface area (Å²) < 4.78 is 33.3. The lowest BCUT2D eigenvalue weighted by Gasteiger charge is -2.11. The number of aryl methyl sites for hydroxylation is 1. The number of nitrogens with zero attached hydrogens (tertiary/aromatic N) is 2. The predicted molar refractivity (Wildman–Crippen MR) is 118 cm³/mol. The zero-order valence-corrected chi connectivity index (χ0v) is 18.5. The molecule has 32 heavy (non-hydrogen) atoms. The first-order chi connectivity index (χ1) is 15.2. The number of Topliss-reactive ketones (excluding diaryl/α,β-unsaturated/α-hetero) is 1. The van der Waals surface area contributed by atoms with Crippen LogP contribution in [0.25, 0.3) is 6.08 Å². The van der Waals surface area contributed by atoms with E-state index in [9.17, 15) is 18.4 Å². The lowest BCUT2D eigenvalue weighted by atomic mass is 10.1. The van der Waals surface area contributed by atoms with Gasteiger partial charge in [0, 0.05) is 27.9 Å². The van der Waals surface area contributed by atoms with E-state index in [4.69, 9.17) is 16.3 Å². The average molecular weight is 459 g/mol. The monoisotopic (exact) mass is 458 g/mol. The standard InChI is InChI=1S/C24H21ClF2N2O3/c1-14-19(15(2)29(28-14)13-18-6-4-5-7-20(18)25)9-11-23(30)32-16(3)24(31)17-8-10-21(26)22(27)12-17/h4-12,16H,13H2,1-3H3/b11-9+. The van der Waals surface area contributed by atoms with Crippen molar-refractivity contribution in [2.45, 2.75) is 33.4 Å². The van der Waals surface area contributed by atoms with Gasteiger partial charge in [-0.05, 0) is 56.7 Å². The smallest absolute Gasteiger partial charge is 0.331 e. The molecule has 0 aliphatic carbocycles. The Labute approximate surface area is 189 Å². The Kier molecular flexibility index (Phi) is 7.20. The molecule has 0 saturated carbocycles. The quantitative estimate of drug-likeness (QED) is 0.273. The number of esters is 1. The molecule has 0 spiro atoms. The zero-order chi connectivity index (χ0) is 23.4. The summed E-state index contributed by atoms with van der Waals surface area (Å²) in [6.07, 6.45) is 1.60. The number of hydrogen-bond donors (Lipinski definition) is 0. The number of benzene rings is 2. The van der Waals surface area contributed by atoms with Crippen molar-refractivity contribution in [1.82, 2.24) is 9.78 Å². The van der Waals surface area contributed by atoms with Crippen LogP contribution in [0.5, 0.6) is 0 Å². The Morgan fingerprint density at radius 3 is 2.56 bits per heavy atom. The first-order valence-electron chi connectivity index (χ1n) is 9.82. The van der Waals surface area contributed by atoms with Crippen LogP contribution in [-0.4, -0.2) is 27.6 Å². The third-order valence-corrected chi connectivity index (χ3v) is 5.34. The van der Waals surface area contributed by atoms with Gasteiger partial charge in [0.1, 0.15) is 0 Å². The van der Waals surface area contributed by atoms with Gasteiger partial charge in [-0.2, -0.15) is 5.10 Å². The van der Waals surface area contributed by atoms with Gasteiger partial charge in [-0.15, -0.1) is 0 Å². The first kappa shape index (κ1) is 23.3. The summed E-state index contributed by atoms with van der Waals surface area (Å²) in [6, 6.07) is 10.2. The molecule has 1 aromatic heterocycles. The maximum Gasteiger partial charge on any atom is 0.331 e. The second-order valence-electron chi connectivity index (χ2n) is 7.24. The van der Waals surface area contributed by atoms with Crippen molar-refractivity contribution in [3.05, 3.63) is 93.3 Å². The van der Waals surface area contributed by atoms with Gasteiger partial charge < -0.3 is 4.74 Å². The van der Waals surface area contributed by atoms with Crippen molar-refractivity contribution in [3.8, 4) is 0 Å². The highest BCUT2D eigenvalue weighted by molar-refractivity contribution is 6.31. The van der Waals surface area contributed by atoms with Gasteiger partial charge in [0.25, 0.3) is 0 Å². The maximum atomic E-state index is 13.3. The summed E-state index contributed by atoms with van der Waals surface area (Å²) in [5, 5.41) is 5.14. The lowest BCUT2D eigenvalue weighted by molar-refractivity contribution is -0.140. The van der Waals surface area contributed by atoms with E-state index in [1.807, 2.05) is 38.1 Å². The minimum absolute atomic E-state index is 0.0827. The molecule has 0 fully saturated rings. The molecule has 2 aromatic carbocycles. The van der Waals surface area contributed by atoms with Crippen LogP contribution in [0.2, 0.25) is 5.02 Å². The van der Waals surface area contributed by atoms with Crippen LogP contribution >= 0.6 is 11.6 Å². The molecule has 3 rings (SSSR count). The minimum atomic E-state index is -1.16. The molecule has 0 aliphatic rings. The summed E-state index contributed by atoms with van der Waals surface area (Å²) in [6.45, 7) is 5.53. The average Bonchev–Trinajstić information content (AvgIpc) is 3.02. The number of hydrogen-bond acceptors (Lipinski definition) is 4. The van der Waals surface area contributed by atoms with Crippen LogP contribution in [0.4, 0.5) is 8.78 Å². The van der Waals surface area contributed by atoms with Crippen LogP contribution in [0.15, 0.2) is 48.5 Å². The second kappa shape index (κ2) is 9.87. The normalized spacial score (nSPS) is 12.2. The number of ketones is 1. The van der Waals surface area contributed by atoms with Crippen molar-refractivity contribution < 1.29 is 23.1 Å². The third-order valence-electron chi connectivity index (χ3n) is 4.97. The fraction of sp³-hybridized carbons (Fsp3) is 0.208. The Morgan fingerprint density at radius 1 is 1.16 bits per heavy atom. The zero-order valence-electron chi connectivity index (χ0n) is 17.7. The van der Waals surface area contributed by atoms with Gasteiger partial charge in [-0.25, -0.2) is 13.6 Å². The lowest BCUT2D eigenvalue weighted by Crippen LogP contribution is -2.23. The number of aromatic nitrogens is 2. The molecule has 1 atom stereocenters. The molecule has 5 nitrogen and oxygen atoms in total. The molecule has 0 amide bonds. The molecule has 166 valence electrons. The van der Waals surface area contributed by atoms with E-state index in [-0.39, 0.29) is 5.56 Å². The summed E-state index contributed by atoms with van der Waals surface area (Å²) >= 11 is 6.23. The topological polar surface area (TPSA) is 61.2 Å². The van der Waals surface area contributed by atoms with Crippen molar-refractivity contribution in [1.29, 1.82) is 0 Å². The first-order valence-corrected chi connectivity index (χ1v) is 10.2. The highest BCUT2D eigenvalue weighted by Crippen LogP contribution is 2.20. The van der Waals surface area contributed by atoms with E-state index in [1.165, 1.54) is 13.0 Å². The SMILES string of the molecule is Cc1nn(Cc2ccccc2Cl)c(C)c1/C=C/C(=O)OC(C)C(=O)c1ccc(F)c(F)c1. The molecule has 3 aromatic rings. The van der Waals surface area contributed by atoms with Gasteiger partial charge in [-0.3, -0.25) is 9.48 Å². The van der Waals surface area contributed by atoms with Crippen LogP contribution in [0.1, 0.15) is 39.8 Å². The molecule has 0 N–H and O–H groups in total. The summed E-state index contributed by atoms with van der Waals surface area (Å²) in [5.41, 5.74) is 3.12. The fourth-order valence-corrected chi connectivity index (χ4v) is 3.39.